The summed E-state index contributed by atoms with van der Waals surface area (Å²) in [6.07, 6.45) is 9.43. The lowest BCUT2D eigenvalue weighted by Gasteiger charge is -2.11. The van der Waals surface area contributed by atoms with Gasteiger partial charge in [0.1, 0.15) is 23.3 Å². The molecule has 0 radical (unpaired) electrons. The molecule has 0 spiro atoms. The van der Waals surface area contributed by atoms with Crippen molar-refractivity contribution in [2.75, 3.05) is 23.7 Å². The minimum atomic E-state index is -0.312. The number of aryl methyl sites for hydroxylation is 5. The van der Waals surface area contributed by atoms with Gasteiger partial charge < -0.3 is 10.6 Å². The van der Waals surface area contributed by atoms with Gasteiger partial charge in [-0.05, 0) is 91.6 Å². The molecule has 7 rings (SSSR count). The van der Waals surface area contributed by atoms with Gasteiger partial charge in [0.05, 0.1) is 4.92 Å². The number of nitro groups is 1. The zero-order chi connectivity index (χ0) is 49.6. The fraction of sp³-hybridized carbons (Fsp3) is 0.353. The van der Waals surface area contributed by atoms with E-state index in [1.54, 1.807) is 47.4 Å². The van der Waals surface area contributed by atoms with Crippen LogP contribution in [0.25, 0.3) is 0 Å². The Hall–Kier alpha value is -5.17. The van der Waals surface area contributed by atoms with E-state index in [0.717, 1.165) is 96.8 Å². The van der Waals surface area contributed by atoms with Crippen molar-refractivity contribution in [2.45, 2.75) is 117 Å². The summed E-state index contributed by atoms with van der Waals surface area (Å²) in [5.41, 5.74) is 4.30. The molecule has 20 heteroatoms. The van der Waals surface area contributed by atoms with Crippen LogP contribution in [0.2, 0.25) is 15.1 Å². The molecule has 14 nitrogen and oxygen atoms in total. The number of rotatable bonds is 29. The maximum Gasteiger partial charge on any atom is 0.272 e. The van der Waals surface area contributed by atoms with Crippen LogP contribution in [-0.2, 0) is 49.4 Å². The Kier molecular flexibility index (Phi) is 21.7. The number of unbranched alkanes of at least 4 members (excludes halogenated alkanes) is 3. The van der Waals surface area contributed by atoms with Gasteiger partial charge >= 0.3 is 0 Å². The predicted octanol–water partition coefficient (Wildman–Crippen LogP) is 13.4. The van der Waals surface area contributed by atoms with Gasteiger partial charge in [-0.15, -0.1) is 0 Å². The summed E-state index contributed by atoms with van der Waals surface area (Å²) in [6.45, 7) is 3.37. The summed E-state index contributed by atoms with van der Waals surface area (Å²) in [5, 5.41) is 22.5. The minimum absolute atomic E-state index is 0.171. The summed E-state index contributed by atoms with van der Waals surface area (Å²) in [7, 11) is 0. The van der Waals surface area contributed by atoms with Crippen molar-refractivity contribution in [1.29, 1.82) is 0 Å². The zero-order valence-electron chi connectivity index (χ0n) is 39.4. The number of nitrogens with one attached hydrogen (secondary N) is 2. The van der Waals surface area contributed by atoms with Crippen LogP contribution in [0.3, 0.4) is 0 Å². The van der Waals surface area contributed by atoms with Gasteiger partial charge in [-0.25, -0.2) is 24.9 Å². The molecule has 0 atom stereocenters. The van der Waals surface area contributed by atoms with E-state index < -0.39 is 0 Å². The molecule has 0 saturated carbocycles. The number of hydrogen-bond donors (Lipinski definition) is 2. The molecule has 370 valence electrons. The van der Waals surface area contributed by atoms with Crippen LogP contribution >= 0.6 is 70.1 Å². The molecule has 4 aromatic carbocycles. The molecule has 3 heterocycles. The van der Waals surface area contributed by atoms with Crippen LogP contribution in [-0.4, -0.2) is 62.9 Å². The van der Waals surface area contributed by atoms with Gasteiger partial charge in [-0.1, -0.05) is 144 Å². The number of nitro benzene ring substituents is 1. The molecule has 0 amide bonds. The van der Waals surface area contributed by atoms with Gasteiger partial charge in [0.2, 0.25) is 11.9 Å². The number of thioether (sulfide) groups is 3. The summed E-state index contributed by atoms with van der Waals surface area (Å²) in [5.74, 6) is 6.10. The van der Waals surface area contributed by atoms with E-state index in [1.807, 2.05) is 84.9 Å². The summed E-state index contributed by atoms with van der Waals surface area (Å²) >= 11 is 23.1. The van der Waals surface area contributed by atoms with Crippen LogP contribution < -0.4 is 10.6 Å². The molecular formula is C51H55Cl3N12O2S3. The molecule has 0 unspecified atom stereocenters. The van der Waals surface area contributed by atoms with E-state index in [4.69, 9.17) is 79.7 Å². The average Bonchev–Trinajstić information content (AvgIpc) is 3.37. The third-order valence-electron chi connectivity index (χ3n) is 10.9. The Morgan fingerprint density at radius 2 is 0.859 bits per heavy atom. The van der Waals surface area contributed by atoms with Crippen molar-refractivity contribution in [2.24, 2.45) is 0 Å². The summed E-state index contributed by atoms with van der Waals surface area (Å²) < 4.78 is 0. The van der Waals surface area contributed by atoms with Crippen LogP contribution in [0.15, 0.2) is 113 Å². The molecule has 0 aliphatic heterocycles. The highest BCUT2D eigenvalue weighted by molar-refractivity contribution is 7.98. The van der Waals surface area contributed by atoms with Crippen molar-refractivity contribution >= 4 is 87.7 Å². The SMILES string of the molecule is CCCCc1nc(NCCCc2nc(NCCCc3nc(CCCCCc4ccccc4[N+](=O)[O-])nc(SCc4ccc(Cl)cc4)n3)nc(SCc3ccc(Cl)cc3)n2)nc(SCc2ccc(Cl)cc2)n1. The number of anilines is 2. The fourth-order valence-electron chi connectivity index (χ4n) is 7.13. The molecule has 2 N–H and O–H groups in total. The third-order valence-corrected chi connectivity index (χ3v) is 14.4. The van der Waals surface area contributed by atoms with E-state index in [2.05, 4.69) is 17.6 Å². The first-order chi connectivity index (χ1) is 34.6. The quantitative estimate of drug-likeness (QED) is 0.0195. The van der Waals surface area contributed by atoms with Gasteiger partial charge in [0, 0.05) is 82.7 Å². The second-order valence-corrected chi connectivity index (χ2v) is 20.7. The van der Waals surface area contributed by atoms with Gasteiger partial charge in [0.25, 0.3) is 5.69 Å². The molecule has 7 aromatic rings. The van der Waals surface area contributed by atoms with E-state index in [9.17, 15) is 10.1 Å². The standard InChI is InChI=1S/C51H55Cl3N12O2S3/c1-2-3-14-45-58-47(64-50(62-45)70-33-36-20-26-40(53)27-21-36)56-31-10-17-46-59-48(65-51(63-46)71-34-37-22-28-41(54)29-23-37)55-30-9-16-44-57-43(60-49(61-44)69-32-35-18-24-39(52)25-19-35)15-6-4-5-11-38-12-7-8-13-42(38)66(67)68/h7-8,12-13,18-29H,2-6,9-11,14-17,30-34H2,1H3,(H,55,59,63,65)(H,56,58,62,64). The fourth-order valence-corrected chi connectivity index (χ4v) is 9.95. The van der Waals surface area contributed by atoms with E-state index in [0.29, 0.717) is 98.5 Å². The molecule has 0 aliphatic rings. The number of para-hydroxylation sites is 1. The lowest BCUT2D eigenvalue weighted by atomic mass is 10.0. The summed E-state index contributed by atoms with van der Waals surface area (Å²) in [4.78, 5) is 54.5. The van der Waals surface area contributed by atoms with Crippen molar-refractivity contribution in [3.8, 4) is 0 Å². The first-order valence-corrected chi connectivity index (χ1v) is 27.8. The third kappa shape index (κ3) is 18.8. The van der Waals surface area contributed by atoms with Gasteiger partial charge in [0.15, 0.2) is 15.5 Å². The van der Waals surface area contributed by atoms with Crippen molar-refractivity contribution in [1.82, 2.24) is 44.9 Å². The topological polar surface area (TPSA) is 183 Å². The van der Waals surface area contributed by atoms with Crippen LogP contribution in [0, 0.1) is 10.1 Å². The first kappa shape index (κ1) is 53.6. The Morgan fingerprint density at radius 3 is 1.31 bits per heavy atom. The number of nitrogens with zero attached hydrogens (tertiary/aromatic N) is 10. The van der Waals surface area contributed by atoms with Crippen molar-refractivity contribution < 1.29 is 4.92 Å². The predicted molar refractivity (Wildman–Crippen MR) is 289 cm³/mol. The second-order valence-electron chi connectivity index (χ2n) is 16.5. The largest absolute Gasteiger partial charge is 0.354 e. The van der Waals surface area contributed by atoms with E-state index in [1.165, 1.54) is 0 Å². The Bertz CT molecular complexity index is 2780. The molecule has 0 fully saturated rings. The normalized spacial score (nSPS) is 11.2. The van der Waals surface area contributed by atoms with Gasteiger partial charge in [-0.3, -0.25) is 10.1 Å². The second kappa shape index (κ2) is 28.8. The first-order valence-electron chi connectivity index (χ1n) is 23.7. The maximum atomic E-state index is 11.5. The Labute approximate surface area is 442 Å². The lowest BCUT2D eigenvalue weighted by Crippen LogP contribution is -2.13. The van der Waals surface area contributed by atoms with Crippen LogP contribution in [0.4, 0.5) is 17.6 Å². The highest BCUT2D eigenvalue weighted by Crippen LogP contribution is 2.26. The highest BCUT2D eigenvalue weighted by Gasteiger charge is 2.14. The molecular weight excluding hydrogens is 1020 g/mol. The Balaban J connectivity index is 0.968. The maximum absolute atomic E-state index is 11.5. The number of benzene rings is 4. The van der Waals surface area contributed by atoms with Gasteiger partial charge in [-0.2, -0.15) is 19.9 Å². The number of halogens is 3. The molecule has 71 heavy (non-hydrogen) atoms. The van der Waals surface area contributed by atoms with E-state index >= 15 is 0 Å². The van der Waals surface area contributed by atoms with Crippen LogP contribution in [0.5, 0.6) is 0 Å². The van der Waals surface area contributed by atoms with Crippen molar-refractivity contribution in [3.05, 3.63) is 168 Å². The smallest absolute Gasteiger partial charge is 0.272 e. The van der Waals surface area contributed by atoms with Crippen molar-refractivity contribution in [3.63, 3.8) is 0 Å². The lowest BCUT2D eigenvalue weighted by molar-refractivity contribution is -0.385. The molecule has 0 saturated heterocycles. The number of aromatic nitrogens is 9. The highest BCUT2D eigenvalue weighted by atomic mass is 35.5. The molecule has 0 aliphatic carbocycles. The monoisotopic (exact) mass is 1070 g/mol. The summed E-state index contributed by atoms with van der Waals surface area (Å²) in [6, 6.07) is 30.3. The Morgan fingerprint density at radius 1 is 0.465 bits per heavy atom. The number of hydrogen-bond acceptors (Lipinski definition) is 16. The van der Waals surface area contributed by atoms with Crippen LogP contribution in [0.1, 0.15) is 97.4 Å². The zero-order valence-corrected chi connectivity index (χ0v) is 44.1. The van der Waals surface area contributed by atoms with E-state index in [-0.39, 0.29) is 10.6 Å². The average molecular weight is 1070 g/mol. The molecule has 0 bridgehead atoms. The molecule has 3 aromatic heterocycles. The minimum Gasteiger partial charge on any atom is -0.354 e.